The summed E-state index contributed by atoms with van der Waals surface area (Å²) in [6.07, 6.45) is 3.49. The van der Waals surface area contributed by atoms with Gasteiger partial charge in [0.15, 0.2) is 0 Å². The van der Waals surface area contributed by atoms with E-state index in [-0.39, 0.29) is 6.42 Å². The van der Waals surface area contributed by atoms with Crippen LogP contribution in [0.5, 0.6) is 0 Å². The quantitative estimate of drug-likeness (QED) is 0.794. The number of carboxylic acid groups (broad SMARTS) is 1. The number of nitrogens with zero attached hydrogens (tertiary/aromatic N) is 2. The van der Waals surface area contributed by atoms with E-state index in [0.29, 0.717) is 0 Å². The van der Waals surface area contributed by atoms with Crippen LogP contribution >= 0.6 is 11.3 Å². The van der Waals surface area contributed by atoms with E-state index in [1.165, 1.54) is 0 Å². The molecule has 94 valence electrons. The minimum absolute atomic E-state index is 0.0259. The number of thiazole rings is 1. The van der Waals surface area contributed by atoms with Gasteiger partial charge in [0.1, 0.15) is 5.01 Å². The maximum Gasteiger partial charge on any atom is 0.307 e. The van der Waals surface area contributed by atoms with Crippen LogP contribution in [0.1, 0.15) is 5.56 Å². The Hall–Kier alpha value is -2.27. The average Bonchev–Trinajstić information content (AvgIpc) is 2.82. The third-order valence-corrected chi connectivity index (χ3v) is 3.82. The molecule has 1 aromatic carbocycles. The Labute approximate surface area is 113 Å². The van der Waals surface area contributed by atoms with Gasteiger partial charge in [-0.15, -0.1) is 11.3 Å². The maximum atomic E-state index is 10.7. The van der Waals surface area contributed by atoms with Crippen LogP contribution in [0.2, 0.25) is 0 Å². The molecule has 2 aromatic heterocycles. The fourth-order valence-corrected chi connectivity index (χ4v) is 2.83. The zero-order valence-electron chi connectivity index (χ0n) is 9.91. The van der Waals surface area contributed by atoms with Gasteiger partial charge in [0.05, 0.1) is 16.6 Å². The van der Waals surface area contributed by atoms with Crippen LogP contribution in [-0.2, 0) is 11.2 Å². The summed E-state index contributed by atoms with van der Waals surface area (Å²) in [7, 11) is 0. The van der Waals surface area contributed by atoms with Crippen molar-refractivity contribution >= 4 is 27.5 Å². The first kappa shape index (κ1) is 11.8. The van der Waals surface area contributed by atoms with Crippen molar-refractivity contribution in [1.29, 1.82) is 0 Å². The Balaban J connectivity index is 2.04. The number of hydrogen-bond donors (Lipinski definition) is 1. The number of pyridine rings is 1. The third kappa shape index (κ3) is 2.46. The summed E-state index contributed by atoms with van der Waals surface area (Å²) < 4.78 is 1.06. The maximum absolute atomic E-state index is 10.7. The SMILES string of the molecule is O=C(O)Cc1ccc2sc(-c3ccncc3)nc2c1. The summed E-state index contributed by atoms with van der Waals surface area (Å²) in [4.78, 5) is 19.2. The highest BCUT2D eigenvalue weighted by Gasteiger charge is 2.08. The summed E-state index contributed by atoms with van der Waals surface area (Å²) in [5.41, 5.74) is 2.64. The zero-order chi connectivity index (χ0) is 13.2. The largest absolute Gasteiger partial charge is 0.481 e. The third-order valence-electron chi connectivity index (χ3n) is 2.73. The van der Waals surface area contributed by atoms with Crippen LogP contribution < -0.4 is 0 Å². The molecule has 0 saturated carbocycles. The van der Waals surface area contributed by atoms with E-state index < -0.39 is 5.97 Å². The molecule has 0 spiro atoms. The van der Waals surface area contributed by atoms with Gasteiger partial charge < -0.3 is 5.11 Å². The Bertz CT molecular complexity index is 738. The van der Waals surface area contributed by atoms with Crippen LogP contribution in [0.3, 0.4) is 0 Å². The normalized spacial score (nSPS) is 10.7. The van der Waals surface area contributed by atoms with Crippen molar-refractivity contribution < 1.29 is 9.90 Å². The van der Waals surface area contributed by atoms with Gasteiger partial charge in [0, 0.05) is 18.0 Å². The van der Waals surface area contributed by atoms with Crippen molar-refractivity contribution in [3.8, 4) is 10.6 Å². The topological polar surface area (TPSA) is 63.1 Å². The predicted molar refractivity (Wildman–Crippen MR) is 74.2 cm³/mol. The number of aliphatic carboxylic acids is 1. The van der Waals surface area contributed by atoms with Crippen LogP contribution in [0.4, 0.5) is 0 Å². The second kappa shape index (κ2) is 4.78. The zero-order valence-corrected chi connectivity index (χ0v) is 10.7. The highest BCUT2D eigenvalue weighted by molar-refractivity contribution is 7.21. The van der Waals surface area contributed by atoms with Gasteiger partial charge in [-0.2, -0.15) is 0 Å². The first-order valence-electron chi connectivity index (χ1n) is 5.74. The Morgan fingerprint density at radius 3 is 2.74 bits per heavy atom. The molecule has 0 aliphatic rings. The summed E-state index contributed by atoms with van der Waals surface area (Å²) in [5.74, 6) is -0.830. The first-order chi connectivity index (χ1) is 9.22. The van der Waals surface area contributed by atoms with Gasteiger partial charge in [-0.1, -0.05) is 6.07 Å². The molecule has 0 aliphatic carbocycles. The molecule has 0 aliphatic heterocycles. The second-order valence-corrected chi connectivity index (χ2v) is 5.16. The first-order valence-corrected chi connectivity index (χ1v) is 6.56. The van der Waals surface area contributed by atoms with Crippen molar-refractivity contribution in [2.24, 2.45) is 0 Å². The van der Waals surface area contributed by atoms with Crippen molar-refractivity contribution in [2.75, 3.05) is 0 Å². The van der Waals surface area contributed by atoms with Crippen LogP contribution in [0.15, 0.2) is 42.7 Å². The van der Waals surface area contributed by atoms with Crippen LogP contribution in [0.25, 0.3) is 20.8 Å². The fourth-order valence-electron chi connectivity index (χ4n) is 1.88. The van der Waals surface area contributed by atoms with Crippen molar-refractivity contribution in [2.45, 2.75) is 6.42 Å². The predicted octanol–water partition coefficient (Wildman–Crippen LogP) is 2.99. The van der Waals surface area contributed by atoms with Gasteiger partial charge >= 0.3 is 5.97 Å². The molecule has 0 atom stereocenters. The molecule has 5 heteroatoms. The Morgan fingerprint density at radius 2 is 2.00 bits per heavy atom. The molecular weight excluding hydrogens is 260 g/mol. The van der Waals surface area contributed by atoms with Gasteiger partial charge in [0.2, 0.25) is 0 Å². The minimum Gasteiger partial charge on any atom is -0.481 e. The molecule has 3 aromatic rings. The molecule has 19 heavy (non-hydrogen) atoms. The van der Waals surface area contributed by atoms with E-state index in [9.17, 15) is 4.79 Å². The lowest BCUT2D eigenvalue weighted by molar-refractivity contribution is -0.136. The number of aromatic nitrogens is 2. The van der Waals surface area contributed by atoms with E-state index in [2.05, 4.69) is 9.97 Å². The fraction of sp³-hybridized carbons (Fsp3) is 0.0714. The number of hydrogen-bond acceptors (Lipinski definition) is 4. The molecule has 0 amide bonds. The molecule has 0 radical (unpaired) electrons. The molecule has 4 nitrogen and oxygen atoms in total. The van der Waals surface area contributed by atoms with Crippen LogP contribution in [-0.4, -0.2) is 21.0 Å². The molecule has 0 fully saturated rings. The monoisotopic (exact) mass is 270 g/mol. The summed E-state index contributed by atoms with van der Waals surface area (Å²) in [6.45, 7) is 0. The van der Waals surface area contributed by atoms with Crippen molar-refractivity contribution in [3.05, 3.63) is 48.3 Å². The molecule has 3 rings (SSSR count). The smallest absolute Gasteiger partial charge is 0.307 e. The molecule has 0 saturated heterocycles. The number of fused-ring (bicyclic) bond motifs is 1. The lowest BCUT2D eigenvalue weighted by Gasteiger charge is -1.95. The van der Waals surface area contributed by atoms with Gasteiger partial charge in [-0.05, 0) is 29.8 Å². The molecule has 0 unspecified atom stereocenters. The van der Waals surface area contributed by atoms with Crippen molar-refractivity contribution in [1.82, 2.24) is 9.97 Å². The standard InChI is InChI=1S/C14H10N2O2S/c17-13(18)8-9-1-2-12-11(7-9)16-14(19-12)10-3-5-15-6-4-10/h1-7H,8H2,(H,17,18). The van der Waals surface area contributed by atoms with E-state index >= 15 is 0 Å². The highest BCUT2D eigenvalue weighted by Crippen LogP contribution is 2.30. The number of carbonyl (C=O) groups is 1. The minimum atomic E-state index is -0.830. The summed E-state index contributed by atoms with van der Waals surface area (Å²) in [6, 6.07) is 9.43. The van der Waals surface area contributed by atoms with E-state index in [1.807, 2.05) is 30.3 Å². The summed E-state index contributed by atoms with van der Waals surface area (Å²) in [5, 5.41) is 9.72. The molecular formula is C14H10N2O2S. The van der Waals surface area contributed by atoms with Gasteiger partial charge in [-0.3, -0.25) is 9.78 Å². The highest BCUT2D eigenvalue weighted by atomic mass is 32.1. The number of rotatable bonds is 3. The van der Waals surface area contributed by atoms with E-state index in [4.69, 9.17) is 5.11 Å². The van der Waals surface area contributed by atoms with Crippen molar-refractivity contribution in [3.63, 3.8) is 0 Å². The Morgan fingerprint density at radius 1 is 1.21 bits per heavy atom. The molecule has 1 N–H and O–H groups in total. The summed E-state index contributed by atoms with van der Waals surface area (Å²) >= 11 is 1.59. The molecule has 2 heterocycles. The lowest BCUT2D eigenvalue weighted by atomic mass is 10.1. The Kier molecular flexibility index (Phi) is 2.97. The van der Waals surface area contributed by atoms with E-state index in [0.717, 1.165) is 26.4 Å². The average molecular weight is 270 g/mol. The lowest BCUT2D eigenvalue weighted by Crippen LogP contribution is -1.99. The second-order valence-electron chi connectivity index (χ2n) is 4.13. The van der Waals surface area contributed by atoms with Gasteiger partial charge in [-0.25, -0.2) is 4.98 Å². The number of benzene rings is 1. The van der Waals surface area contributed by atoms with Crippen LogP contribution in [0, 0.1) is 0 Å². The molecule has 0 bridgehead atoms. The van der Waals surface area contributed by atoms with Gasteiger partial charge in [0.25, 0.3) is 0 Å². The van der Waals surface area contributed by atoms with E-state index in [1.54, 1.807) is 23.7 Å². The number of carboxylic acids is 1.